The van der Waals surface area contributed by atoms with Gasteiger partial charge in [-0.1, -0.05) is 18.5 Å². The van der Waals surface area contributed by atoms with E-state index in [9.17, 15) is 4.79 Å². The number of carbonyl (C=O) groups is 1. The van der Waals surface area contributed by atoms with Crippen LogP contribution in [0.15, 0.2) is 23.4 Å². The lowest BCUT2D eigenvalue weighted by Crippen LogP contribution is -2.39. The number of nitrogens with zero attached hydrogens (tertiary/aromatic N) is 1. The van der Waals surface area contributed by atoms with Gasteiger partial charge in [0.2, 0.25) is 0 Å². The van der Waals surface area contributed by atoms with E-state index in [1.165, 1.54) is 0 Å². The normalized spacial score (nSPS) is 12.2. The molecule has 20 heavy (non-hydrogen) atoms. The van der Waals surface area contributed by atoms with Gasteiger partial charge in [-0.25, -0.2) is 4.98 Å². The Morgan fingerprint density at radius 3 is 2.90 bits per heavy atom. The Hall–Kier alpha value is -0.780. The van der Waals surface area contributed by atoms with Crippen molar-refractivity contribution >= 4 is 29.3 Å². The Morgan fingerprint density at radius 1 is 1.50 bits per heavy atom. The summed E-state index contributed by atoms with van der Waals surface area (Å²) >= 11 is 7.40. The molecule has 1 N–H and O–H groups in total. The Balaban J connectivity index is 2.40. The second-order valence-corrected chi connectivity index (χ2v) is 5.76. The average molecular weight is 317 g/mol. The highest BCUT2D eigenvalue weighted by molar-refractivity contribution is 7.99. The summed E-state index contributed by atoms with van der Waals surface area (Å²) in [6.07, 6.45) is 3.33. The van der Waals surface area contributed by atoms with Crippen molar-refractivity contribution < 1.29 is 9.53 Å². The summed E-state index contributed by atoms with van der Waals surface area (Å²) in [6, 6.07) is 3.45. The van der Waals surface area contributed by atoms with Gasteiger partial charge < -0.3 is 10.1 Å². The molecule has 0 saturated carbocycles. The third-order valence-electron chi connectivity index (χ3n) is 2.57. The van der Waals surface area contributed by atoms with Gasteiger partial charge in [-0.15, -0.1) is 11.8 Å². The topological polar surface area (TPSA) is 51.2 Å². The maximum atomic E-state index is 11.8. The lowest BCUT2D eigenvalue weighted by atomic mass is 10.2. The van der Waals surface area contributed by atoms with Gasteiger partial charge in [0.05, 0.1) is 16.7 Å². The van der Waals surface area contributed by atoms with Crippen molar-refractivity contribution in [2.24, 2.45) is 0 Å². The highest BCUT2D eigenvalue weighted by atomic mass is 35.5. The lowest BCUT2D eigenvalue weighted by molar-refractivity contribution is -0.145. The van der Waals surface area contributed by atoms with Crippen molar-refractivity contribution in [3.05, 3.63) is 23.4 Å². The Kier molecular flexibility index (Phi) is 8.65. The van der Waals surface area contributed by atoms with E-state index in [4.69, 9.17) is 16.3 Å². The number of esters is 1. The standard InChI is InChI=1S/C14H21ClN2O2S/c1-3-8-16-12(14(18)19-4-2)7-9-20-13-6-5-11(15)10-17-13/h5-6,10,12,16H,3-4,7-9H2,1-2H3. The molecular formula is C14H21ClN2O2S. The number of ether oxygens (including phenoxy) is 1. The molecule has 1 heterocycles. The largest absolute Gasteiger partial charge is 0.465 e. The zero-order valence-corrected chi connectivity index (χ0v) is 13.5. The van der Waals surface area contributed by atoms with E-state index in [0.29, 0.717) is 18.1 Å². The number of halogens is 1. The minimum atomic E-state index is -0.241. The van der Waals surface area contributed by atoms with E-state index in [2.05, 4.69) is 17.2 Å². The molecule has 0 aliphatic rings. The van der Waals surface area contributed by atoms with Gasteiger partial charge in [-0.05, 0) is 38.4 Å². The summed E-state index contributed by atoms with van der Waals surface area (Å²) in [5, 5.41) is 4.76. The van der Waals surface area contributed by atoms with Crippen LogP contribution in [-0.4, -0.2) is 35.9 Å². The van der Waals surface area contributed by atoms with Crippen molar-refractivity contribution in [2.45, 2.75) is 37.8 Å². The zero-order chi connectivity index (χ0) is 14.8. The summed E-state index contributed by atoms with van der Waals surface area (Å²) in [5.41, 5.74) is 0. The monoisotopic (exact) mass is 316 g/mol. The number of hydrogen-bond donors (Lipinski definition) is 1. The number of rotatable bonds is 9. The van der Waals surface area contributed by atoms with Crippen LogP contribution in [0.1, 0.15) is 26.7 Å². The molecule has 0 aliphatic carbocycles. The van der Waals surface area contributed by atoms with Gasteiger partial charge in [0.1, 0.15) is 6.04 Å². The van der Waals surface area contributed by atoms with Gasteiger partial charge in [-0.2, -0.15) is 0 Å². The summed E-state index contributed by atoms with van der Waals surface area (Å²) in [7, 11) is 0. The Labute approximate surface area is 129 Å². The summed E-state index contributed by atoms with van der Waals surface area (Å²) in [4.78, 5) is 16.0. The molecule has 0 amide bonds. The number of carbonyl (C=O) groups excluding carboxylic acids is 1. The number of hydrogen-bond acceptors (Lipinski definition) is 5. The first kappa shape index (κ1) is 17.3. The first-order valence-corrected chi connectivity index (χ1v) is 8.18. The first-order valence-electron chi connectivity index (χ1n) is 6.81. The Morgan fingerprint density at radius 2 is 2.30 bits per heavy atom. The second kappa shape index (κ2) is 10.0. The van der Waals surface area contributed by atoms with Crippen molar-refractivity contribution in [3.8, 4) is 0 Å². The average Bonchev–Trinajstić information content (AvgIpc) is 2.44. The van der Waals surface area contributed by atoms with Crippen molar-refractivity contribution in [1.82, 2.24) is 10.3 Å². The van der Waals surface area contributed by atoms with Crippen LogP contribution in [-0.2, 0) is 9.53 Å². The van der Waals surface area contributed by atoms with Gasteiger partial charge >= 0.3 is 5.97 Å². The highest BCUT2D eigenvalue weighted by Gasteiger charge is 2.18. The maximum Gasteiger partial charge on any atom is 0.323 e. The quantitative estimate of drug-likeness (QED) is 0.560. The molecule has 1 aromatic rings. The zero-order valence-electron chi connectivity index (χ0n) is 11.9. The van der Waals surface area contributed by atoms with Crippen LogP contribution in [0, 0.1) is 0 Å². The third kappa shape index (κ3) is 6.59. The van der Waals surface area contributed by atoms with E-state index >= 15 is 0 Å². The fourth-order valence-corrected chi connectivity index (χ4v) is 2.56. The van der Waals surface area contributed by atoms with Crippen LogP contribution < -0.4 is 5.32 Å². The molecule has 0 fully saturated rings. The smallest absolute Gasteiger partial charge is 0.323 e. The van der Waals surface area contributed by atoms with Gasteiger partial charge in [0, 0.05) is 11.9 Å². The molecule has 0 bridgehead atoms. The van der Waals surface area contributed by atoms with Crippen LogP contribution in [0.5, 0.6) is 0 Å². The molecule has 0 aromatic carbocycles. The Bertz CT molecular complexity index is 401. The van der Waals surface area contributed by atoms with E-state index in [0.717, 1.165) is 23.7 Å². The molecule has 1 rings (SSSR count). The van der Waals surface area contributed by atoms with Crippen molar-refractivity contribution in [3.63, 3.8) is 0 Å². The molecule has 0 aliphatic heterocycles. The molecule has 4 nitrogen and oxygen atoms in total. The number of pyridine rings is 1. The molecule has 0 saturated heterocycles. The van der Waals surface area contributed by atoms with Crippen LogP contribution in [0.3, 0.4) is 0 Å². The van der Waals surface area contributed by atoms with E-state index in [1.54, 1.807) is 18.0 Å². The molecule has 1 atom stereocenters. The van der Waals surface area contributed by atoms with Gasteiger partial charge in [0.15, 0.2) is 0 Å². The van der Waals surface area contributed by atoms with E-state index in [-0.39, 0.29) is 12.0 Å². The molecule has 1 unspecified atom stereocenters. The fraction of sp³-hybridized carbons (Fsp3) is 0.571. The van der Waals surface area contributed by atoms with E-state index < -0.39 is 0 Å². The summed E-state index contributed by atoms with van der Waals surface area (Å²) < 4.78 is 5.08. The molecular weight excluding hydrogens is 296 g/mol. The number of nitrogens with one attached hydrogen (secondary N) is 1. The van der Waals surface area contributed by atoms with Gasteiger partial charge in [0.25, 0.3) is 0 Å². The molecule has 0 spiro atoms. The molecule has 112 valence electrons. The minimum Gasteiger partial charge on any atom is -0.465 e. The summed E-state index contributed by atoms with van der Waals surface area (Å²) in [6.45, 7) is 5.12. The SMILES string of the molecule is CCCNC(CCSc1ccc(Cl)cn1)C(=O)OCC. The number of aromatic nitrogens is 1. The van der Waals surface area contributed by atoms with Crippen LogP contribution >= 0.6 is 23.4 Å². The second-order valence-electron chi connectivity index (χ2n) is 4.21. The predicted molar refractivity (Wildman–Crippen MR) is 83.3 cm³/mol. The lowest BCUT2D eigenvalue weighted by Gasteiger charge is -2.16. The maximum absolute atomic E-state index is 11.8. The number of thioether (sulfide) groups is 1. The van der Waals surface area contributed by atoms with Gasteiger partial charge in [-0.3, -0.25) is 4.79 Å². The molecule has 0 radical (unpaired) electrons. The van der Waals surface area contributed by atoms with Crippen LogP contribution in [0.4, 0.5) is 0 Å². The molecule has 6 heteroatoms. The predicted octanol–water partition coefficient (Wildman–Crippen LogP) is 3.15. The highest BCUT2D eigenvalue weighted by Crippen LogP contribution is 2.18. The summed E-state index contributed by atoms with van der Waals surface area (Å²) in [5.74, 6) is 0.625. The minimum absolute atomic E-state index is 0.175. The fourth-order valence-electron chi connectivity index (χ4n) is 1.59. The van der Waals surface area contributed by atoms with Crippen LogP contribution in [0.2, 0.25) is 5.02 Å². The molecule has 1 aromatic heterocycles. The van der Waals surface area contributed by atoms with Crippen molar-refractivity contribution in [2.75, 3.05) is 18.9 Å². The van der Waals surface area contributed by atoms with Crippen molar-refractivity contribution in [1.29, 1.82) is 0 Å². The third-order valence-corrected chi connectivity index (χ3v) is 3.77. The van der Waals surface area contributed by atoms with Crippen LogP contribution in [0.25, 0.3) is 0 Å². The first-order chi connectivity index (χ1) is 9.67. The van der Waals surface area contributed by atoms with E-state index in [1.807, 2.05) is 19.1 Å².